The minimum Gasteiger partial charge on any atom is -0.483 e. The summed E-state index contributed by atoms with van der Waals surface area (Å²) in [6.07, 6.45) is 2.33. The summed E-state index contributed by atoms with van der Waals surface area (Å²) in [6, 6.07) is 11.8. The molecule has 130 valence electrons. The third-order valence-electron chi connectivity index (χ3n) is 3.89. The fourth-order valence-corrected chi connectivity index (χ4v) is 3.18. The van der Waals surface area contributed by atoms with Crippen molar-refractivity contribution in [3.05, 3.63) is 53.0 Å². The summed E-state index contributed by atoms with van der Waals surface area (Å²) < 4.78 is 8.46. The highest BCUT2D eigenvalue weighted by Gasteiger charge is 2.09. The maximum absolute atomic E-state index is 12.0. The van der Waals surface area contributed by atoms with Crippen LogP contribution in [-0.4, -0.2) is 33.8 Å². The number of fused-ring (bicyclic) bond motifs is 1. The van der Waals surface area contributed by atoms with E-state index in [1.165, 1.54) is 0 Å². The third-order valence-corrected chi connectivity index (χ3v) is 4.71. The molecule has 0 bridgehead atoms. The van der Waals surface area contributed by atoms with Gasteiger partial charge in [0.15, 0.2) is 6.61 Å². The predicted octanol–water partition coefficient (Wildman–Crippen LogP) is 2.95. The number of nitrogens with zero attached hydrogens (tertiary/aromatic N) is 3. The van der Waals surface area contributed by atoms with Gasteiger partial charge in [0.2, 0.25) is 0 Å². The van der Waals surface area contributed by atoms with Gasteiger partial charge in [-0.2, -0.15) is 0 Å². The Kier molecular flexibility index (Phi) is 5.65. The Morgan fingerprint density at radius 3 is 2.96 bits per heavy atom. The summed E-state index contributed by atoms with van der Waals surface area (Å²) in [4.78, 5) is 12.0. The van der Waals surface area contributed by atoms with Crippen molar-refractivity contribution in [2.75, 3.05) is 13.2 Å². The van der Waals surface area contributed by atoms with Gasteiger partial charge in [0, 0.05) is 19.5 Å². The first-order valence-corrected chi connectivity index (χ1v) is 8.91. The number of hydrogen-bond donors (Lipinski definition) is 1. The Hall–Kier alpha value is -2.41. The van der Waals surface area contributed by atoms with Crippen LogP contribution in [0.4, 0.5) is 0 Å². The smallest absolute Gasteiger partial charge is 0.257 e. The molecule has 0 fully saturated rings. The number of aryl methyl sites for hydroxylation is 1. The van der Waals surface area contributed by atoms with Crippen molar-refractivity contribution < 1.29 is 9.53 Å². The first kappa shape index (κ1) is 17.4. The number of rotatable bonds is 7. The zero-order chi connectivity index (χ0) is 17.6. The monoisotopic (exact) mass is 402 g/mol. The molecule has 25 heavy (non-hydrogen) atoms. The number of benzene rings is 2. The maximum atomic E-state index is 12.0. The summed E-state index contributed by atoms with van der Waals surface area (Å²) in [5.74, 6) is 1.35. The van der Waals surface area contributed by atoms with Crippen LogP contribution >= 0.6 is 15.9 Å². The number of halogens is 1. The number of nitrogens with one attached hydrogen (secondary N) is 1. The van der Waals surface area contributed by atoms with E-state index in [1.807, 2.05) is 47.9 Å². The predicted molar refractivity (Wildman–Crippen MR) is 99.6 cm³/mol. The van der Waals surface area contributed by atoms with Gasteiger partial charge in [-0.05, 0) is 39.7 Å². The lowest BCUT2D eigenvalue weighted by molar-refractivity contribution is -0.123. The molecule has 7 heteroatoms. The lowest BCUT2D eigenvalue weighted by Gasteiger charge is -2.11. The van der Waals surface area contributed by atoms with Crippen molar-refractivity contribution in [2.24, 2.45) is 0 Å². The molecule has 3 rings (SSSR count). The molecular formula is C18H19BrN4O2. The lowest BCUT2D eigenvalue weighted by atomic mass is 10.1. The third kappa shape index (κ3) is 4.17. The zero-order valence-corrected chi connectivity index (χ0v) is 15.5. The van der Waals surface area contributed by atoms with Crippen molar-refractivity contribution in [2.45, 2.75) is 19.9 Å². The van der Waals surface area contributed by atoms with Crippen LogP contribution in [0.1, 0.15) is 12.7 Å². The number of amides is 1. The Bertz CT molecular complexity index is 878. The van der Waals surface area contributed by atoms with Crippen LogP contribution in [0, 0.1) is 0 Å². The molecule has 2 aromatic carbocycles. The maximum Gasteiger partial charge on any atom is 0.257 e. The minimum absolute atomic E-state index is 0.0303. The Labute approximate surface area is 154 Å². The molecule has 6 nitrogen and oxygen atoms in total. The van der Waals surface area contributed by atoms with Crippen LogP contribution in [-0.2, 0) is 17.8 Å². The van der Waals surface area contributed by atoms with Crippen LogP contribution in [0.2, 0.25) is 0 Å². The van der Waals surface area contributed by atoms with E-state index >= 15 is 0 Å². The quantitative estimate of drug-likeness (QED) is 0.659. The van der Waals surface area contributed by atoms with Crippen molar-refractivity contribution >= 4 is 32.6 Å². The van der Waals surface area contributed by atoms with Crippen molar-refractivity contribution in [3.8, 4) is 5.75 Å². The van der Waals surface area contributed by atoms with E-state index in [0.29, 0.717) is 18.7 Å². The number of aromatic nitrogens is 3. The van der Waals surface area contributed by atoms with Crippen molar-refractivity contribution in [1.29, 1.82) is 0 Å². The van der Waals surface area contributed by atoms with Crippen LogP contribution in [0.5, 0.6) is 5.75 Å². The summed E-state index contributed by atoms with van der Waals surface area (Å²) in [6.45, 7) is 3.31. The van der Waals surface area contributed by atoms with Crippen LogP contribution in [0.15, 0.2) is 47.2 Å². The summed E-state index contributed by atoms with van der Waals surface area (Å²) in [5, 5.41) is 12.9. The van der Waals surface area contributed by atoms with Crippen molar-refractivity contribution in [1.82, 2.24) is 20.1 Å². The molecule has 0 aliphatic heterocycles. The largest absolute Gasteiger partial charge is 0.483 e. The summed E-state index contributed by atoms with van der Waals surface area (Å²) in [5.41, 5.74) is 0. The molecule has 0 saturated heterocycles. The lowest BCUT2D eigenvalue weighted by Crippen LogP contribution is -2.31. The van der Waals surface area contributed by atoms with Gasteiger partial charge in [-0.3, -0.25) is 4.79 Å². The van der Waals surface area contributed by atoms with Gasteiger partial charge >= 0.3 is 0 Å². The Morgan fingerprint density at radius 1 is 1.28 bits per heavy atom. The summed E-state index contributed by atoms with van der Waals surface area (Å²) in [7, 11) is 0. The molecule has 0 spiro atoms. The van der Waals surface area contributed by atoms with Crippen LogP contribution in [0.25, 0.3) is 10.8 Å². The molecule has 0 saturated carbocycles. The molecule has 3 aromatic rings. The first-order valence-electron chi connectivity index (χ1n) is 8.12. The normalized spacial score (nSPS) is 10.8. The molecule has 1 N–H and O–H groups in total. The molecular weight excluding hydrogens is 384 g/mol. The Morgan fingerprint density at radius 2 is 2.12 bits per heavy atom. The molecule has 1 amide bonds. The number of ether oxygens (including phenoxy) is 1. The van der Waals surface area contributed by atoms with Gasteiger partial charge in [0.1, 0.15) is 17.9 Å². The van der Waals surface area contributed by atoms with Gasteiger partial charge in [-0.1, -0.05) is 30.3 Å². The summed E-state index contributed by atoms with van der Waals surface area (Å²) >= 11 is 3.55. The molecule has 0 radical (unpaired) electrons. The molecule has 1 heterocycles. The van der Waals surface area contributed by atoms with E-state index in [1.54, 1.807) is 6.33 Å². The molecule has 0 aliphatic carbocycles. The second kappa shape index (κ2) is 8.11. The standard InChI is InChI=1S/C18H19BrN4O2/c1-2-23-12-21-22-16(23)9-10-20-17(24)11-25-15-8-7-13-5-3-4-6-14(13)18(15)19/h3-8,12H,2,9-11H2,1H3,(H,20,24). The molecule has 1 aromatic heterocycles. The highest BCUT2D eigenvalue weighted by molar-refractivity contribution is 9.10. The molecule has 0 atom stereocenters. The van der Waals surface area contributed by atoms with E-state index in [4.69, 9.17) is 4.74 Å². The molecule has 0 aliphatic rings. The highest BCUT2D eigenvalue weighted by atomic mass is 79.9. The SMILES string of the molecule is CCn1cnnc1CCNC(=O)COc1ccc2ccccc2c1Br. The van der Waals surface area contributed by atoms with Gasteiger partial charge in [-0.15, -0.1) is 10.2 Å². The van der Waals surface area contributed by atoms with E-state index in [9.17, 15) is 4.79 Å². The fourth-order valence-electron chi connectivity index (χ4n) is 2.57. The van der Waals surface area contributed by atoms with Crippen LogP contribution in [0.3, 0.4) is 0 Å². The van der Waals surface area contributed by atoms with E-state index < -0.39 is 0 Å². The average molecular weight is 403 g/mol. The van der Waals surface area contributed by atoms with Crippen LogP contribution < -0.4 is 10.1 Å². The fraction of sp³-hybridized carbons (Fsp3) is 0.278. The van der Waals surface area contributed by atoms with Crippen molar-refractivity contribution in [3.63, 3.8) is 0 Å². The second-order valence-corrected chi connectivity index (χ2v) is 6.31. The average Bonchev–Trinajstić information content (AvgIpc) is 3.09. The van der Waals surface area contributed by atoms with Gasteiger partial charge in [-0.25, -0.2) is 0 Å². The Balaban J connectivity index is 1.51. The number of carbonyl (C=O) groups excluding carboxylic acids is 1. The van der Waals surface area contributed by atoms with Gasteiger partial charge in [0.25, 0.3) is 5.91 Å². The van der Waals surface area contributed by atoms with E-state index in [2.05, 4.69) is 31.4 Å². The van der Waals surface area contributed by atoms with E-state index in [-0.39, 0.29) is 12.5 Å². The topological polar surface area (TPSA) is 69.0 Å². The zero-order valence-electron chi connectivity index (χ0n) is 13.9. The van der Waals surface area contributed by atoms with E-state index in [0.717, 1.165) is 27.6 Å². The number of carbonyl (C=O) groups is 1. The minimum atomic E-state index is -0.164. The highest BCUT2D eigenvalue weighted by Crippen LogP contribution is 2.32. The van der Waals surface area contributed by atoms with Gasteiger partial charge < -0.3 is 14.6 Å². The molecule has 0 unspecified atom stereocenters. The number of hydrogen-bond acceptors (Lipinski definition) is 4. The second-order valence-electron chi connectivity index (χ2n) is 5.52. The first-order chi connectivity index (χ1) is 12.2. The van der Waals surface area contributed by atoms with Gasteiger partial charge in [0.05, 0.1) is 4.47 Å².